The maximum Gasteiger partial charge on any atom is 0.124 e. The topological polar surface area (TPSA) is 42.7 Å². The van der Waals surface area contributed by atoms with Crippen molar-refractivity contribution in [2.24, 2.45) is 7.05 Å². The van der Waals surface area contributed by atoms with Crippen LogP contribution < -0.4 is 5.32 Å². The van der Waals surface area contributed by atoms with E-state index in [9.17, 15) is 0 Å². The van der Waals surface area contributed by atoms with Crippen LogP contribution in [-0.4, -0.2) is 20.8 Å². The second-order valence-electron chi connectivity index (χ2n) is 4.07. The van der Waals surface area contributed by atoms with E-state index < -0.39 is 0 Å². The van der Waals surface area contributed by atoms with Crippen LogP contribution in [0.25, 0.3) is 11.3 Å². The summed E-state index contributed by atoms with van der Waals surface area (Å²) in [6.07, 6.45) is 3.55. The molecular weight excluding hydrogens is 200 g/mol. The highest BCUT2D eigenvalue weighted by Gasteiger charge is 2.07. The number of nitrogens with one attached hydrogen (secondary N) is 1. The van der Waals surface area contributed by atoms with E-state index >= 15 is 0 Å². The first-order valence-electron chi connectivity index (χ1n) is 5.38. The van der Waals surface area contributed by atoms with Gasteiger partial charge in [-0.05, 0) is 26.0 Å². The molecule has 0 saturated heterocycles. The molecule has 0 bridgehead atoms. The van der Waals surface area contributed by atoms with Crippen molar-refractivity contribution in [1.82, 2.24) is 14.8 Å². The number of aryl methyl sites for hydroxylation is 1. The largest absolute Gasteiger partial charge is 0.368 e. The van der Waals surface area contributed by atoms with Gasteiger partial charge < -0.3 is 5.32 Å². The Bertz CT molecular complexity index is 459. The highest BCUT2D eigenvalue weighted by atomic mass is 15.3. The summed E-state index contributed by atoms with van der Waals surface area (Å²) in [7, 11) is 1.94. The molecule has 0 spiro atoms. The van der Waals surface area contributed by atoms with E-state index in [4.69, 9.17) is 0 Å². The molecule has 0 aromatic carbocycles. The normalized spacial score (nSPS) is 10.8. The minimum Gasteiger partial charge on any atom is -0.368 e. The molecule has 0 saturated carbocycles. The molecule has 16 heavy (non-hydrogen) atoms. The summed E-state index contributed by atoms with van der Waals surface area (Å²) in [6.45, 7) is 4.22. The van der Waals surface area contributed by atoms with Gasteiger partial charge >= 0.3 is 0 Å². The minimum absolute atomic E-state index is 0.403. The van der Waals surface area contributed by atoms with E-state index in [1.165, 1.54) is 0 Å². The Morgan fingerprint density at radius 1 is 1.25 bits per heavy atom. The van der Waals surface area contributed by atoms with Crippen molar-refractivity contribution in [3.63, 3.8) is 0 Å². The summed E-state index contributed by atoms with van der Waals surface area (Å²) in [5.74, 6) is 1.03. The molecule has 0 fully saturated rings. The number of rotatable bonds is 3. The first-order valence-corrected chi connectivity index (χ1v) is 5.38. The van der Waals surface area contributed by atoms with Crippen LogP contribution in [0.5, 0.6) is 0 Å². The molecule has 0 radical (unpaired) electrons. The van der Waals surface area contributed by atoms with Gasteiger partial charge in [-0.3, -0.25) is 9.67 Å². The molecule has 0 unspecified atom stereocenters. The van der Waals surface area contributed by atoms with Crippen LogP contribution in [0.4, 0.5) is 5.82 Å². The predicted octanol–water partition coefficient (Wildman–Crippen LogP) is 2.30. The molecule has 4 nitrogen and oxygen atoms in total. The fraction of sp³-hybridized carbons (Fsp3) is 0.333. The molecule has 0 aliphatic carbocycles. The first-order chi connectivity index (χ1) is 7.66. The molecule has 4 heteroatoms. The molecule has 2 rings (SSSR count). The third kappa shape index (κ3) is 2.21. The van der Waals surface area contributed by atoms with Crippen LogP contribution in [0.1, 0.15) is 13.8 Å². The van der Waals surface area contributed by atoms with Crippen LogP contribution in [0.2, 0.25) is 0 Å². The van der Waals surface area contributed by atoms with E-state index in [1.54, 1.807) is 12.4 Å². The second-order valence-corrected chi connectivity index (χ2v) is 4.07. The number of aromatic nitrogens is 3. The van der Waals surface area contributed by atoms with Gasteiger partial charge in [0, 0.05) is 37.1 Å². The summed E-state index contributed by atoms with van der Waals surface area (Å²) in [5, 5.41) is 7.81. The Hall–Kier alpha value is -1.84. The molecule has 2 aromatic heterocycles. The second kappa shape index (κ2) is 4.35. The Labute approximate surface area is 95.3 Å². The zero-order valence-electron chi connectivity index (χ0n) is 9.81. The molecule has 0 amide bonds. The maximum absolute atomic E-state index is 4.46. The first kappa shape index (κ1) is 10.7. The lowest BCUT2D eigenvalue weighted by molar-refractivity contribution is 0.756. The lowest BCUT2D eigenvalue weighted by atomic mass is 10.2. The Morgan fingerprint density at radius 2 is 1.94 bits per heavy atom. The standard InChI is InChI=1S/C12H16N4/c1-9(2)14-12-8-11(15-16(12)3)10-4-6-13-7-5-10/h4-9,14H,1-3H3. The number of hydrogen-bond acceptors (Lipinski definition) is 3. The van der Waals surface area contributed by atoms with Crippen molar-refractivity contribution >= 4 is 5.82 Å². The molecule has 84 valence electrons. The van der Waals surface area contributed by atoms with E-state index in [1.807, 2.05) is 23.9 Å². The van der Waals surface area contributed by atoms with Crippen molar-refractivity contribution in [3.8, 4) is 11.3 Å². The van der Waals surface area contributed by atoms with Gasteiger partial charge in [-0.25, -0.2) is 0 Å². The van der Waals surface area contributed by atoms with Crippen LogP contribution in [0.3, 0.4) is 0 Å². The molecule has 2 heterocycles. The van der Waals surface area contributed by atoms with Crippen molar-refractivity contribution in [2.45, 2.75) is 19.9 Å². The lowest BCUT2D eigenvalue weighted by Gasteiger charge is -2.08. The SMILES string of the molecule is CC(C)Nc1cc(-c2ccncc2)nn1C. The van der Waals surface area contributed by atoms with Gasteiger partial charge in [-0.15, -0.1) is 0 Å². The quantitative estimate of drug-likeness (QED) is 0.856. The number of hydrogen-bond donors (Lipinski definition) is 1. The average molecular weight is 216 g/mol. The summed E-state index contributed by atoms with van der Waals surface area (Å²) in [5.41, 5.74) is 2.05. The third-order valence-electron chi connectivity index (χ3n) is 2.29. The summed E-state index contributed by atoms with van der Waals surface area (Å²) >= 11 is 0. The molecule has 0 aliphatic rings. The van der Waals surface area contributed by atoms with Gasteiger partial charge in [0.2, 0.25) is 0 Å². The third-order valence-corrected chi connectivity index (χ3v) is 2.29. The maximum atomic E-state index is 4.46. The van der Waals surface area contributed by atoms with E-state index in [2.05, 4.69) is 35.3 Å². The molecule has 2 aromatic rings. The van der Waals surface area contributed by atoms with Gasteiger partial charge in [-0.1, -0.05) is 0 Å². The van der Waals surface area contributed by atoms with Crippen molar-refractivity contribution < 1.29 is 0 Å². The summed E-state index contributed by atoms with van der Waals surface area (Å²) in [6, 6.07) is 6.37. The highest BCUT2D eigenvalue weighted by Crippen LogP contribution is 2.20. The molecular formula is C12H16N4. The van der Waals surface area contributed by atoms with Crippen molar-refractivity contribution in [3.05, 3.63) is 30.6 Å². The van der Waals surface area contributed by atoms with Crippen LogP contribution in [0.15, 0.2) is 30.6 Å². The van der Waals surface area contributed by atoms with Crippen LogP contribution in [-0.2, 0) is 7.05 Å². The van der Waals surface area contributed by atoms with Crippen molar-refractivity contribution in [2.75, 3.05) is 5.32 Å². The van der Waals surface area contributed by atoms with Gasteiger partial charge in [0.05, 0.1) is 5.69 Å². The number of pyridine rings is 1. The van der Waals surface area contributed by atoms with Gasteiger partial charge in [0.1, 0.15) is 5.82 Å². The summed E-state index contributed by atoms with van der Waals surface area (Å²) in [4.78, 5) is 4.00. The minimum atomic E-state index is 0.403. The van der Waals surface area contributed by atoms with Crippen molar-refractivity contribution in [1.29, 1.82) is 0 Å². The number of anilines is 1. The Balaban J connectivity index is 2.31. The van der Waals surface area contributed by atoms with E-state index in [-0.39, 0.29) is 0 Å². The van der Waals surface area contributed by atoms with Gasteiger partial charge in [-0.2, -0.15) is 5.10 Å². The monoisotopic (exact) mass is 216 g/mol. The fourth-order valence-electron chi connectivity index (χ4n) is 1.56. The predicted molar refractivity (Wildman–Crippen MR) is 65.2 cm³/mol. The Morgan fingerprint density at radius 3 is 2.56 bits per heavy atom. The lowest BCUT2D eigenvalue weighted by Crippen LogP contribution is -2.12. The van der Waals surface area contributed by atoms with E-state index in [0.29, 0.717) is 6.04 Å². The highest BCUT2D eigenvalue weighted by molar-refractivity contribution is 5.62. The number of nitrogens with zero attached hydrogens (tertiary/aromatic N) is 3. The van der Waals surface area contributed by atoms with Gasteiger partial charge in [0.25, 0.3) is 0 Å². The zero-order valence-corrected chi connectivity index (χ0v) is 9.81. The average Bonchev–Trinajstić information content (AvgIpc) is 2.61. The van der Waals surface area contributed by atoms with Crippen LogP contribution >= 0.6 is 0 Å². The molecule has 0 aliphatic heterocycles. The molecule has 1 N–H and O–H groups in total. The molecule has 0 atom stereocenters. The fourth-order valence-corrected chi connectivity index (χ4v) is 1.56. The zero-order chi connectivity index (χ0) is 11.5. The summed E-state index contributed by atoms with van der Waals surface area (Å²) < 4.78 is 1.86. The van der Waals surface area contributed by atoms with E-state index in [0.717, 1.165) is 17.1 Å². The Kier molecular flexibility index (Phi) is 2.90. The van der Waals surface area contributed by atoms with Gasteiger partial charge in [0.15, 0.2) is 0 Å². The van der Waals surface area contributed by atoms with Crippen LogP contribution in [0, 0.1) is 0 Å². The smallest absolute Gasteiger partial charge is 0.124 e.